The Kier molecular flexibility index (Phi) is 6.93. The second kappa shape index (κ2) is 9.63. The number of nitrogens with zero attached hydrogens (tertiary/aromatic N) is 7. The molecule has 1 aliphatic rings. The summed E-state index contributed by atoms with van der Waals surface area (Å²) < 4.78 is 44.7. The number of hydrogen-bond acceptors (Lipinski definition) is 9. The number of anilines is 1. The molecular formula is C22H32N8O4S. The number of rotatable bonds is 11. The molecule has 0 aliphatic heterocycles. The molecule has 190 valence electrons. The Morgan fingerprint density at radius 3 is 2.40 bits per heavy atom. The summed E-state index contributed by atoms with van der Waals surface area (Å²) in [6.45, 7) is 7.51. The molecule has 13 heteroatoms. The van der Waals surface area contributed by atoms with Crippen LogP contribution in [-0.4, -0.2) is 68.0 Å². The van der Waals surface area contributed by atoms with Crippen LogP contribution in [0.5, 0.6) is 0 Å². The van der Waals surface area contributed by atoms with Crippen molar-refractivity contribution in [3.05, 3.63) is 36.0 Å². The van der Waals surface area contributed by atoms with Crippen LogP contribution in [-0.2, 0) is 32.1 Å². The number of aromatic nitrogens is 7. The topological polar surface area (TPSA) is 139 Å². The molecular weight excluding hydrogens is 472 g/mol. The van der Waals surface area contributed by atoms with Crippen molar-refractivity contribution in [2.75, 3.05) is 18.4 Å². The molecule has 1 aliphatic carbocycles. The smallest absolute Gasteiger partial charge is 0.240 e. The molecule has 0 amide bonds. The average Bonchev–Trinajstić information content (AvgIpc) is 3.23. The van der Waals surface area contributed by atoms with Crippen LogP contribution in [0.2, 0.25) is 0 Å². The number of ether oxygens (including phenoxy) is 2. The number of aryl methyl sites for hydroxylation is 2. The third-order valence-corrected chi connectivity index (χ3v) is 7.64. The van der Waals surface area contributed by atoms with Crippen LogP contribution in [0.25, 0.3) is 11.5 Å². The molecule has 0 aromatic carbocycles. The zero-order chi connectivity index (χ0) is 25.4. The molecule has 3 heterocycles. The third kappa shape index (κ3) is 5.21. The first-order chi connectivity index (χ1) is 16.6. The van der Waals surface area contributed by atoms with Gasteiger partial charge in [-0.2, -0.15) is 5.10 Å². The van der Waals surface area contributed by atoms with Gasteiger partial charge < -0.3 is 9.47 Å². The van der Waals surface area contributed by atoms with Gasteiger partial charge in [0.15, 0.2) is 11.6 Å². The number of methoxy groups -OCH3 is 1. The Balaban J connectivity index is 1.70. The van der Waals surface area contributed by atoms with Crippen molar-refractivity contribution in [3.8, 4) is 11.5 Å². The highest BCUT2D eigenvalue weighted by Crippen LogP contribution is 2.47. The van der Waals surface area contributed by atoms with Crippen LogP contribution in [0, 0.1) is 6.92 Å². The second-order valence-corrected chi connectivity index (χ2v) is 11.3. The molecule has 2 atom stereocenters. The zero-order valence-electron chi connectivity index (χ0n) is 20.8. The molecule has 0 spiro atoms. The fourth-order valence-corrected chi connectivity index (χ4v) is 5.04. The van der Waals surface area contributed by atoms with Gasteiger partial charge in [0.25, 0.3) is 0 Å². The summed E-state index contributed by atoms with van der Waals surface area (Å²) in [6, 6.07) is 1.81. The summed E-state index contributed by atoms with van der Waals surface area (Å²) in [5.41, 5.74) is 1.02. The number of hydrogen-bond donors (Lipinski definition) is 1. The van der Waals surface area contributed by atoms with Crippen molar-refractivity contribution in [2.24, 2.45) is 7.05 Å². The van der Waals surface area contributed by atoms with Crippen molar-refractivity contribution < 1.29 is 17.9 Å². The fraction of sp³-hybridized carbons (Fsp3) is 0.591. The predicted molar refractivity (Wildman–Crippen MR) is 129 cm³/mol. The fourth-order valence-electron chi connectivity index (χ4n) is 3.95. The SMILES string of the molecule is COCC1(n2c(NS(=O)(=O)C(C)C(OC(C)C)c3ncc(C)cn3)nnc2-c2ccn(C)n2)CC1. The van der Waals surface area contributed by atoms with Crippen molar-refractivity contribution in [1.82, 2.24) is 34.5 Å². The minimum absolute atomic E-state index is 0.111. The lowest BCUT2D eigenvalue weighted by Gasteiger charge is -2.26. The zero-order valence-corrected chi connectivity index (χ0v) is 21.7. The quantitative estimate of drug-likeness (QED) is 0.416. The van der Waals surface area contributed by atoms with Crippen LogP contribution in [0.4, 0.5) is 5.95 Å². The van der Waals surface area contributed by atoms with Gasteiger partial charge in [-0.05, 0) is 52.2 Å². The molecule has 0 bridgehead atoms. The van der Waals surface area contributed by atoms with E-state index in [1.165, 1.54) is 0 Å². The lowest BCUT2D eigenvalue weighted by atomic mass is 10.2. The van der Waals surface area contributed by atoms with Gasteiger partial charge in [-0.15, -0.1) is 10.2 Å². The molecule has 35 heavy (non-hydrogen) atoms. The first-order valence-electron chi connectivity index (χ1n) is 11.5. The van der Waals surface area contributed by atoms with Crippen molar-refractivity contribution in [3.63, 3.8) is 0 Å². The lowest BCUT2D eigenvalue weighted by molar-refractivity contribution is 0.00152. The van der Waals surface area contributed by atoms with Gasteiger partial charge in [-0.25, -0.2) is 18.4 Å². The Hall–Kier alpha value is -2.90. The maximum absolute atomic E-state index is 13.6. The van der Waals surface area contributed by atoms with Crippen LogP contribution >= 0.6 is 0 Å². The maximum atomic E-state index is 13.6. The predicted octanol–water partition coefficient (Wildman–Crippen LogP) is 2.21. The van der Waals surface area contributed by atoms with E-state index in [-0.39, 0.29) is 12.1 Å². The molecule has 2 unspecified atom stereocenters. The first-order valence-corrected chi connectivity index (χ1v) is 13.0. The van der Waals surface area contributed by atoms with Gasteiger partial charge in [-0.1, -0.05) is 0 Å². The van der Waals surface area contributed by atoms with E-state index in [1.54, 1.807) is 48.9 Å². The van der Waals surface area contributed by atoms with Crippen LogP contribution in [0.3, 0.4) is 0 Å². The summed E-state index contributed by atoms with van der Waals surface area (Å²) in [6.07, 6.45) is 5.57. The largest absolute Gasteiger partial charge is 0.382 e. The van der Waals surface area contributed by atoms with E-state index in [0.717, 1.165) is 18.4 Å². The highest BCUT2D eigenvalue weighted by molar-refractivity contribution is 7.93. The van der Waals surface area contributed by atoms with E-state index < -0.39 is 26.9 Å². The normalized spacial score (nSPS) is 16.9. The minimum Gasteiger partial charge on any atom is -0.382 e. The van der Waals surface area contributed by atoms with E-state index in [4.69, 9.17) is 9.47 Å². The van der Waals surface area contributed by atoms with Gasteiger partial charge >= 0.3 is 0 Å². The molecule has 0 saturated heterocycles. The van der Waals surface area contributed by atoms with E-state index in [1.807, 2.05) is 26.8 Å². The van der Waals surface area contributed by atoms with Crippen LogP contribution in [0.15, 0.2) is 24.7 Å². The highest BCUT2D eigenvalue weighted by atomic mass is 32.2. The molecule has 0 radical (unpaired) electrons. The summed E-state index contributed by atoms with van der Waals surface area (Å²) in [7, 11) is -0.572. The summed E-state index contributed by atoms with van der Waals surface area (Å²) >= 11 is 0. The molecule has 3 aromatic heterocycles. The maximum Gasteiger partial charge on any atom is 0.240 e. The Bertz CT molecular complexity index is 1260. The van der Waals surface area contributed by atoms with Crippen molar-refractivity contribution in [2.45, 2.75) is 63.5 Å². The molecule has 1 fully saturated rings. The summed E-state index contributed by atoms with van der Waals surface area (Å²) in [4.78, 5) is 8.64. The summed E-state index contributed by atoms with van der Waals surface area (Å²) in [5.74, 6) is 0.887. The van der Waals surface area contributed by atoms with Gasteiger partial charge in [0.05, 0.1) is 18.2 Å². The number of nitrogens with one attached hydrogen (secondary N) is 1. The van der Waals surface area contributed by atoms with E-state index in [0.29, 0.717) is 23.9 Å². The first kappa shape index (κ1) is 25.2. The van der Waals surface area contributed by atoms with Gasteiger partial charge in [0, 0.05) is 32.7 Å². The third-order valence-electron chi connectivity index (χ3n) is 5.94. The monoisotopic (exact) mass is 504 g/mol. The standard InChI is InChI=1S/C22H32N8O4S/c1-14(2)34-18(19-23-11-15(3)12-24-19)16(4)35(31,32)28-21-26-25-20(17-7-10-29(5)27-17)30(21)22(8-9-22)13-33-6/h7,10-12,14,16,18H,8-9,13H2,1-6H3,(H,26,28). The molecule has 1 N–H and O–H groups in total. The van der Waals surface area contributed by atoms with Crippen LogP contribution < -0.4 is 4.72 Å². The van der Waals surface area contributed by atoms with E-state index in [9.17, 15) is 8.42 Å². The summed E-state index contributed by atoms with van der Waals surface area (Å²) in [5, 5.41) is 11.9. The van der Waals surface area contributed by atoms with Gasteiger partial charge in [0.2, 0.25) is 16.0 Å². The average molecular weight is 505 g/mol. The van der Waals surface area contributed by atoms with Gasteiger partial charge in [-0.3, -0.25) is 14.0 Å². The van der Waals surface area contributed by atoms with Crippen molar-refractivity contribution in [1.29, 1.82) is 0 Å². The molecule has 1 saturated carbocycles. The molecule has 3 aromatic rings. The molecule has 4 rings (SSSR count). The second-order valence-electron chi connectivity index (χ2n) is 9.29. The van der Waals surface area contributed by atoms with Crippen LogP contribution in [0.1, 0.15) is 51.1 Å². The number of sulfonamides is 1. The highest BCUT2D eigenvalue weighted by Gasteiger charge is 2.49. The van der Waals surface area contributed by atoms with E-state index >= 15 is 0 Å². The van der Waals surface area contributed by atoms with E-state index in [2.05, 4.69) is 30.0 Å². The lowest BCUT2D eigenvalue weighted by Crippen LogP contribution is -2.36. The minimum atomic E-state index is -3.99. The Morgan fingerprint density at radius 1 is 1.17 bits per heavy atom. The Labute approximate surface area is 205 Å². The molecule has 12 nitrogen and oxygen atoms in total. The van der Waals surface area contributed by atoms with Gasteiger partial charge in [0.1, 0.15) is 17.0 Å². The Morgan fingerprint density at radius 2 is 1.86 bits per heavy atom. The van der Waals surface area contributed by atoms with Crippen molar-refractivity contribution >= 4 is 16.0 Å².